The molecule has 34 heavy (non-hydrogen) atoms. The van der Waals surface area contributed by atoms with Crippen molar-refractivity contribution in [3.63, 3.8) is 0 Å². The van der Waals surface area contributed by atoms with Gasteiger partial charge in [0, 0.05) is 29.4 Å². The van der Waals surface area contributed by atoms with E-state index in [0.717, 1.165) is 22.8 Å². The van der Waals surface area contributed by atoms with Crippen molar-refractivity contribution in [1.29, 1.82) is 0 Å². The molecule has 9 heteroatoms. The van der Waals surface area contributed by atoms with Crippen LogP contribution in [-0.4, -0.2) is 27.0 Å². The molecule has 1 amide bonds. The lowest BCUT2D eigenvalue weighted by Crippen LogP contribution is -2.23. The van der Waals surface area contributed by atoms with Crippen LogP contribution in [0.15, 0.2) is 67.0 Å². The lowest BCUT2D eigenvalue weighted by Gasteiger charge is -2.18. The topological polar surface area (TPSA) is 68.1 Å². The molecule has 0 N–H and O–H groups in total. The Labute approximate surface area is 192 Å². The van der Waals surface area contributed by atoms with E-state index in [2.05, 4.69) is 10.2 Å². The second kappa shape index (κ2) is 7.95. The summed E-state index contributed by atoms with van der Waals surface area (Å²) >= 11 is 0. The largest absolute Gasteiger partial charge is 0.416 e. The first-order valence-corrected chi connectivity index (χ1v) is 10.3. The summed E-state index contributed by atoms with van der Waals surface area (Å²) in [5.41, 5.74) is 1.49. The summed E-state index contributed by atoms with van der Waals surface area (Å²) < 4.78 is 42.7. The number of fused-ring (bicyclic) bond motifs is 1. The van der Waals surface area contributed by atoms with Crippen molar-refractivity contribution in [1.82, 2.24) is 14.8 Å². The minimum absolute atomic E-state index is 0.109. The van der Waals surface area contributed by atoms with Gasteiger partial charge < -0.3 is 9.47 Å². The number of anilines is 1. The van der Waals surface area contributed by atoms with E-state index < -0.39 is 17.6 Å². The van der Waals surface area contributed by atoms with E-state index in [-0.39, 0.29) is 23.2 Å². The van der Waals surface area contributed by atoms with Gasteiger partial charge in [0.1, 0.15) is 12.6 Å². The normalized spacial score (nSPS) is 13.3. The van der Waals surface area contributed by atoms with Gasteiger partial charge in [-0.05, 0) is 41.0 Å². The van der Waals surface area contributed by atoms with Gasteiger partial charge >= 0.3 is 6.18 Å². The van der Waals surface area contributed by atoms with Gasteiger partial charge in [-0.15, -0.1) is 10.2 Å². The molecule has 1 aromatic heterocycles. The lowest BCUT2D eigenvalue weighted by atomic mass is 9.98. The Balaban J connectivity index is 1.58. The van der Waals surface area contributed by atoms with Gasteiger partial charge in [-0.25, -0.2) is 0 Å². The highest BCUT2D eigenvalue weighted by atomic mass is 19.4. The van der Waals surface area contributed by atoms with Gasteiger partial charge in [-0.2, -0.15) is 13.2 Å². The number of halogens is 3. The number of amides is 1. The van der Waals surface area contributed by atoms with Crippen molar-refractivity contribution in [2.45, 2.75) is 12.7 Å². The molecule has 0 spiro atoms. The summed E-state index contributed by atoms with van der Waals surface area (Å²) in [7, 11) is 1.83. The van der Waals surface area contributed by atoms with Gasteiger partial charge in [0.25, 0.3) is 5.91 Å². The fourth-order valence-corrected chi connectivity index (χ4v) is 4.26. The molecule has 0 saturated heterocycles. The van der Waals surface area contributed by atoms with E-state index in [1.54, 1.807) is 29.1 Å². The molecule has 1 aliphatic heterocycles. The zero-order valence-corrected chi connectivity index (χ0v) is 17.9. The third kappa shape index (κ3) is 3.55. The van der Waals surface area contributed by atoms with Crippen LogP contribution in [0.1, 0.15) is 31.8 Å². The number of rotatable bonds is 4. The average molecular weight is 462 g/mol. The molecule has 6 nitrogen and oxygen atoms in total. The van der Waals surface area contributed by atoms with E-state index in [4.69, 9.17) is 0 Å². The second-order valence-corrected chi connectivity index (χ2v) is 7.96. The first-order chi connectivity index (χ1) is 16.3. The van der Waals surface area contributed by atoms with Crippen LogP contribution in [0.2, 0.25) is 0 Å². The van der Waals surface area contributed by atoms with E-state index >= 15 is 0 Å². The van der Waals surface area contributed by atoms with Crippen molar-refractivity contribution in [3.8, 4) is 22.5 Å². The number of carbonyl (C=O) groups is 2. The number of alkyl halides is 3. The number of hydrogen-bond donors (Lipinski definition) is 0. The first kappa shape index (κ1) is 21.6. The summed E-state index contributed by atoms with van der Waals surface area (Å²) in [6.07, 6.45) is -2.78. The molecular weight excluding hydrogens is 445 g/mol. The maximum Gasteiger partial charge on any atom is 0.416 e. The maximum atomic E-state index is 13.7. The molecule has 0 radical (unpaired) electrons. The monoisotopic (exact) mass is 462 g/mol. The first-order valence-electron chi connectivity index (χ1n) is 10.3. The number of benzene rings is 3. The molecule has 5 rings (SSSR count). The number of aldehydes is 1. The number of carbonyl (C=O) groups excluding carboxylic acids is 2. The van der Waals surface area contributed by atoms with E-state index in [1.165, 1.54) is 11.0 Å². The summed E-state index contributed by atoms with van der Waals surface area (Å²) in [6, 6.07) is 16.6. The van der Waals surface area contributed by atoms with Crippen LogP contribution in [0.3, 0.4) is 0 Å². The SMILES string of the molecule is Cn1cnnc1-c1ccccc1-c1cccc(N2Cc3c(cc(C=O)cc3C(F)(F)F)C2=O)c1. The standard InChI is InChI=1S/C25H17F3N4O2/c1-31-14-29-30-23(31)19-8-3-2-7-18(19)16-5-4-6-17(11-16)32-12-21-20(24(32)34)9-15(13-33)10-22(21)25(26,27)28/h2-11,13-14H,12H2,1H3. The Morgan fingerprint density at radius 1 is 0.971 bits per heavy atom. The van der Waals surface area contributed by atoms with Crippen LogP contribution in [0.4, 0.5) is 18.9 Å². The highest BCUT2D eigenvalue weighted by Gasteiger charge is 2.40. The molecule has 0 unspecified atom stereocenters. The number of aryl methyl sites for hydroxylation is 1. The summed E-state index contributed by atoms with van der Waals surface area (Å²) in [4.78, 5) is 25.6. The summed E-state index contributed by atoms with van der Waals surface area (Å²) in [6.45, 7) is -0.240. The smallest absolute Gasteiger partial charge is 0.317 e. The van der Waals surface area contributed by atoms with Gasteiger partial charge in [-0.1, -0.05) is 36.4 Å². The highest BCUT2D eigenvalue weighted by molar-refractivity contribution is 6.11. The fourth-order valence-electron chi connectivity index (χ4n) is 4.26. The Bertz CT molecular complexity index is 1440. The second-order valence-electron chi connectivity index (χ2n) is 7.96. The van der Waals surface area contributed by atoms with Crippen LogP contribution in [0.5, 0.6) is 0 Å². The Morgan fingerprint density at radius 3 is 2.41 bits per heavy atom. The van der Waals surface area contributed by atoms with Crippen molar-refractivity contribution in [2.75, 3.05) is 4.90 Å². The molecule has 0 bridgehead atoms. The van der Waals surface area contributed by atoms with Crippen molar-refractivity contribution < 1.29 is 22.8 Å². The molecule has 0 fully saturated rings. The quantitative estimate of drug-likeness (QED) is 0.394. The zero-order valence-electron chi connectivity index (χ0n) is 17.9. The van der Waals surface area contributed by atoms with Gasteiger partial charge in [-0.3, -0.25) is 9.59 Å². The highest BCUT2D eigenvalue weighted by Crippen LogP contribution is 2.40. The molecular formula is C25H17F3N4O2. The Hall–Kier alpha value is -4.27. The Morgan fingerprint density at radius 2 is 1.74 bits per heavy atom. The predicted octanol–water partition coefficient (Wildman–Crippen LogP) is 5.14. The molecule has 170 valence electrons. The number of aromatic nitrogens is 3. The van der Waals surface area contributed by atoms with Gasteiger partial charge in [0.05, 0.1) is 12.1 Å². The van der Waals surface area contributed by atoms with Crippen molar-refractivity contribution in [3.05, 3.63) is 89.2 Å². The van der Waals surface area contributed by atoms with Crippen molar-refractivity contribution >= 4 is 17.9 Å². The zero-order chi connectivity index (χ0) is 24.0. The lowest BCUT2D eigenvalue weighted by molar-refractivity contribution is -0.138. The minimum Gasteiger partial charge on any atom is -0.317 e. The summed E-state index contributed by atoms with van der Waals surface area (Å²) in [5, 5.41) is 8.11. The molecule has 2 heterocycles. The van der Waals surface area contributed by atoms with Crippen molar-refractivity contribution in [2.24, 2.45) is 7.05 Å². The Kier molecular flexibility index (Phi) is 5.04. The molecule has 0 saturated carbocycles. The van der Waals surface area contributed by atoms with E-state index in [9.17, 15) is 22.8 Å². The van der Waals surface area contributed by atoms with Crippen LogP contribution < -0.4 is 4.90 Å². The van der Waals surface area contributed by atoms with Crippen LogP contribution in [0, 0.1) is 0 Å². The van der Waals surface area contributed by atoms with E-state index in [0.29, 0.717) is 17.8 Å². The molecule has 0 atom stereocenters. The van der Waals surface area contributed by atoms with Crippen LogP contribution in [0.25, 0.3) is 22.5 Å². The minimum atomic E-state index is -4.68. The average Bonchev–Trinajstić information content (AvgIpc) is 3.41. The molecule has 4 aromatic rings. The molecule has 3 aromatic carbocycles. The predicted molar refractivity (Wildman–Crippen MR) is 119 cm³/mol. The number of nitrogens with zero attached hydrogens (tertiary/aromatic N) is 4. The third-order valence-electron chi connectivity index (χ3n) is 5.85. The number of hydrogen-bond acceptors (Lipinski definition) is 4. The fraction of sp³-hybridized carbons (Fsp3) is 0.120. The van der Waals surface area contributed by atoms with Crippen LogP contribution in [-0.2, 0) is 19.8 Å². The third-order valence-corrected chi connectivity index (χ3v) is 5.85. The van der Waals surface area contributed by atoms with E-state index in [1.807, 2.05) is 37.4 Å². The molecule has 1 aliphatic rings. The van der Waals surface area contributed by atoms with Gasteiger partial charge in [0.2, 0.25) is 0 Å². The maximum absolute atomic E-state index is 13.7. The summed E-state index contributed by atoms with van der Waals surface area (Å²) in [5.74, 6) is 0.0739. The van der Waals surface area contributed by atoms with Gasteiger partial charge in [0.15, 0.2) is 5.82 Å². The molecule has 0 aliphatic carbocycles. The van der Waals surface area contributed by atoms with Crippen LogP contribution >= 0.6 is 0 Å².